The highest BCUT2D eigenvalue weighted by atomic mass is 32.2. The smallest absolute Gasteiger partial charge is 0.224 e. The molecule has 1 fully saturated rings. The lowest BCUT2D eigenvalue weighted by Crippen LogP contribution is -2.30. The van der Waals surface area contributed by atoms with E-state index in [4.69, 9.17) is 4.42 Å². The van der Waals surface area contributed by atoms with Crippen molar-refractivity contribution in [3.8, 4) is 0 Å². The average molecular weight is 335 g/mol. The summed E-state index contributed by atoms with van der Waals surface area (Å²) in [5, 5.41) is 3.81. The number of hydrogen-bond acceptors (Lipinski definition) is 4. The van der Waals surface area contributed by atoms with Crippen molar-refractivity contribution in [3.05, 3.63) is 35.1 Å². The first-order chi connectivity index (χ1) is 10.8. The van der Waals surface area contributed by atoms with E-state index >= 15 is 0 Å². The largest absolute Gasteiger partial charge is 0.464 e. The molecule has 1 aromatic heterocycles. The number of sulfone groups is 1. The lowest BCUT2D eigenvalue weighted by atomic mass is 10.0. The van der Waals surface area contributed by atoms with E-state index in [1.165, 1.54) is 0 Å². The van der Waals surface area contributed by atoms with Gasteiger partial charge in [0.25, 0.3) is 0 Å². The van der Waals surface area contributed by atoms with E-state index in [2.05, 4.69) is 5.32 Å². The zero-order valence-corrected chi connectivity index (χ0v) is 14.2. The van der Waals surface area contributed by atoms with Gasteiger partial charge in [-0.05, 0) is 49.4 Å². The van der Waals surface area contributed by atoms with E-state index in [1.807, 2.05) is 26.0 Å². The van der Waals surface area contributed by atoms with E-state index in [0.29, 0.717) is 13.0 Å². The van der Waals surface area contributed by atoms with Crippen molar-refractivity contribution < 1.29 is 17.6 Å². The number of nitrogens with one attached hydrogen (secondary N) is 1. The molecule has 6 heteroatoms. The zero-order valence-electron chi connectivity index (χ0n) is 13.4. The molecule has 1 aliphatic heterocycles. The van der Waals surface area contributed by atoms with Gasteiger partial charge in [0.15, 0.2) is 9.84 Å². The molecule has 0 bridgehead atoms. The molecule has 0 radical (unpaired) electrons. The van der Waals surface area contributed by atoms with Gasteiger partial charge in [0.1, 0.15) is 5.58 Å². The number of fused-ring (bicyclic) bond motifs is 1. The monoisotopic (exact) mass is 335 g/mol. The van der Waals surface area contributed by atoms with Crippen molar-refractivity contribution in [2.75, 3.05) is 18.1 Å². The Hall–Kier alpha value is -1.82. The zero-order chi connectivity index (χ0) is 16.6. The fourth-order valence-electron chi connectivity index (χ4n) is 3.00. The summed E-state index contributed by atoms with van der Waals surface area (Å²) in [6.07, 6.45) is 2.51. The summed E-state index contributed by atoms with van der Waals surface area (Å²) < 4.78 is 28.4. The van der Waals surface area contributed by atoms with Crippen LogP contribution in [0, 0.1) is 19.8 Å². The molecule has 0 aliphatic carbocycles. The highest BCUT2D eigenvalue weighted by molar-refractivity contribution is 7.91. The van der Waals surface area contributed by atoms with Gasteiger partial charge in [-0.3, -0.25) is 4.79 Å². The molecule has 23 heavy (non-hydrogen) atoms. The lowest BCUT2D eigenvalue weighted by molar-refractivity contribution is -0.120. The SMILES string of the molecule is Cc1cc2occ(CC(=O)NC[C@H]3CCS(=O)(=O)C3)c2cc1C. The van der Waals surface area contributed by atoms with Crippen LogP contribution in [-0.2, 0) is 21.1 Å². The van der Waals surface area contributed by atoms with Crippen LogP contribution < -0.4 is 5.32 Å². The molecule has 2 heterocycles. The van der Waals surface area contributed by atoms with Crippen molar-refractivity contribution in [1.82, 2.24) is 5.32 Å². The maximum Gasteiger partial charge on any atom is 0.224 e. The highest BCUT2D eigenvalue weighted by Gasteiger charge is 2.27. The summed E-state index contributed by atoms with van der Waals surface area (Å²) in [4.78, 5) is 12.1. The van der Waals surface area contributed by atoms with E-state index in [0.717, 1.165) is 27.7 Å². The second-order valence-electron chi connectivity index (χ2n) is 6.44. The van der Waals surface area contributed by atoms with Crippen molar-refractivity contribution in [1.29, 1.82) is 0 Å². The quantitative estimate of drug-likeness (QED) is 0.929. The maximum atomic E-state index is 12.1. The Morgan fingerprint density at radius 1 is 1.30 bits per heavy atom. The molecule has 5 nitrogen and oxygen atoms in total. The Bertz CT molecular complexity index is 851. The number of carbonyl (C=O) groups is 1. The Kier molecular flexibility index (Phi) is 4.19. The third-order valence-electron chi connectivity index (χ3n) is 4.54. The molecule has 124 valence electrons. The van der Waals surface area contributed by atoms with Gasteiger partial charge in [0, 0.05) is 17.5 Å². The lowest BCUT2D eigenvalue weighted by Gasteiger charge is -2.09. The van der Waals surface area contributed by atoms with Gasteiger partial charge in [-0.15, -0.1) is 0 Å². The normalized spacial score (nSPS) is 20.0. The second kappa shape index (κ2) is 6.00. The Morgan fingerprint density at radius 2 is 2.04 bits per heavy atom. The van der Waals surface area contributed by atoms with Crippen molar-refractivity contribution in [3.63, 3.8) is 0 Å². The van der Waals surface area contributed by atoms with Crippen LogP contribution in [0.1, 0.15) is 23.1 Å². The molecule has 1 amide bonds. The average Bonchev–Trinajstić information content (AvgIpc) is 3.01. The van der Waals surface area contributed by atoms with Crippen LogP contribution >= 0.6 is 0 Å². The Labute approximate surface area is 136 Å². The molecular formula is C17H21NO4S. The first-order valence-corrected chi connectivity index (χ1v) is 9.60. The van der Waals surface area contributed by atoms with E-state index in [9.17, 15) is 13.2 Å². The molecule has 0 spiro atoms. The molecule has 3 rings (SSSR count). The standard InChI is InChI=1S/C17H21NO4S/c1-11-5-15-14(9-22-16(15)6-12(11)2)7-17(19)18-8-13-3-4-23(20,21)10-13/h5-6,9,13H,3-4,7-8,10H2,1-2H3,(H,18,19)/t13-/m1/s1. The fraction of sp³-hybridized carbons (Fsp3) is 0.471. The molecule has 1 aliphatic rings. The van der Waals surface area contributed by atoms with E-state index in [1.54, 1.807) is 6.26 Å². The fourth-order valence-corrected chi connectivity index (χ4v) is 4.86. The molecule has 0 saturated carbocycles. The number of carbonyl (C=O) groups excluding carboxylic acids is 1. The maximum absolute atomic E-state index is 12.1. The van der Waals surface area contributed by atoms with Gasteiger partial charge in [-0.1, -0.05) is 0 Å². The summed E-state index contributed by atoms with van der Waals surface area (Å²) >= 11 is 0. The van der Waals surface area contributed by atoms with Crippen molar-refractivity contribution >= 4 is 26.7 Å². The Morgan fingerprint density at radius 3 is 2.74 bits per heavy atom. The first kappa shape index (κ1) is 16.1. The van der Waals surface area contributed by atoms with Gasteiger partial charge < -0.3 is 9.73 Å². The van der Waals surface area contributed by atoms with E-state index < -0.39 is 9.84 Å². The van der Waals surface area contributed by atoms with Crippen LogP contribution in [0.2, 0.25) is 0 Å². The van der Waals surface area contributed by atoms with Crippen LogP contribution in [0.15, 0.2) is 22.8 Å². The highest BCUT2D eigenvalue weighted by Crippen LogP contribution is 2.25. The Balaban J connectivity index is 1.63. The predicted octanol–water partition coefficient (Wildman–Crippen LogP) is 2.14. The number of furan rings is 1. The van der Waals surface area contributed by atoms with Gasteiger partial charge >= 0.3 is 0 Å². The van der Waals surface area contributed by atoms with Gasteiger partial charge in [-0.25, -0.2) is 8.42 Å². The summed E-state index contributed by atoms with van der Waals surface area (Å²) in [5.74, 6) is 0.351. The number of benzene rings is 1. The van der Waals surface area contributed by atoms with E-state index in [-0.39, 0.29) is 29.8 Å². The van der Waals surface area contributed by atoms with Crippen LogP contribution in [0.3, 0.4) is 0 Å². The molecule has 1 aromatic carbocycles. The first-order valence-electron chi connectivity index (χ1n) is 7.78. The number of amides is 1. The molecule has 2 aromatic rings. The summed E-state index contributed by atoms with van der Waals surface area (Å²) in [6, 6.07) is 4.02. The minimum Gasteiger partial charge on any atom is -0.464 e. The van der Waals surface area contributed by atoms with Crippen LogP contribution in [0.25, 0.3) is 11.0 Å². The third kappa shape index (κ3) is 3.58. The second-order valence-corrected chi connectivity index (χ2v) is 8.67. The molecular weight excluding hydrogens is 314 g/mol. The van der Waals surface area contributed by atoms with Gasteiger partial charge in [0.05, 0.1) is 24.2 Å². The number of aryl methyl sites for hydroxylation is 2. The molecule has 0 unspecified atom stereocenters. The molecule has 1 atom stereocenters. The van der Waals surface area contributed by atoms with Gasteiger partial charge in [0.2, 0.25) is 5.91 Å². The molecule has 1 N–H and O–H groups in total. The summed E-state index contributed by atoms with van der Waals surface area (Å²) in [5.41, 5.74) is 3.97. The number of hydrogen-bond donors (Lipinski definition) is 1. The third-order valence-corrected chi connectivity index (χ3v) is 6.37. The topological polar surface area (TPSA) is 76.4 Å². The summed E-state index contributed by atoms with van der Waals surface area (Å²) in [7, 11) is -2.90. The van der Waals surface area contributed by atoms with Crippen molar-refractivity contribution in [2.24, 2.45) is 5.92 Å². The van der Waals surface area contributed by atoms with Crippen LogP contribution in [0.4, 0.5) is 0 Å². The predicted molar refractivity (Wildman–Crippen MR) is 89.2 cm³/mol. The van der Waals surface area contributed by atoms with Gasteiger partial charge in [-0.2, -0.15) is 0 Å². The number of rotatable bonds is 4. The molecule has 1 saturated heterocycles. The van der Waals surface area contributed by atoms with Crippen LogP contribution in [-0.4, -0.2) is 32.4 Å². The minimum atomic E-state index is -2.90. The van der Waals surface area contributed by atoms with Crippen LogP contribution in [0.5, 0.6) is 0 Å². The van der Waals surface area contributed by atoms with Crippen molar-refractivity contribution in [2.45, 2.75) is 26.7 Å². The minimum absolute atomic E-state index is 0.0370. The summed E-state index contributed by atoms with van der Waals surface area (Å²) in [6.45, 7) is 4.48.